The number of aliphatic carboxylic acids is 1. The Bertz CT molecular complexity index is 1050. The summed E-state index contributed by atoms with van der Waals surface area (Å²) in [7, 11) is 0. The SMILES string of the molecule is O=C(N[C@H]1CC[C@@H](C(=O)N2CCCCC2C(=O)O)C1)OCC1c2ccccc2-c2ccccc21. The molecule has 2 fully saturated rings. The number of carboxylic acid groups (broad SMARTS) is 1. The summed E-state index contributed by atoms with van der Waals surface area (Å²) >= 11 is 0. The lowest BCUT2D eigenvalue weighted by molar-refractivity contribution is -0.153. The summed E-state index contributed by atoms with van der Waals surface area (Å²) in [4.78, 5) is 38.7. The van der Waals surface area contributed by atoms with E-state index in [1.807, 2.05) is 24.3 Å². The third-order valence-corrected chi connectivity index (χ3v) is 7.52. The summed E-state index contributed by atoms with van der Waals surface area (Å²) in [6, 6.07) is 15.5. The number of fused-ring (bicyclic) bond motifs is 3. The maximum Gasteiger partial charge on any atom is 0.407 e. The molecular weight excluding hydrogens is 432 g/mol. The number of hydrogen-bond donors (Lipinski definition) is 2. The number of nitrogens with one attached hydrogen (secondary N) is 1. The number of likely N-dealkylation sites (tertiary alicyclic amines) is 1. The van der Waals surface area contributed by atoms with Gasteiger partial charge >= 0.3 is 12.1 Å². The first-order chi connectivity index (χ1) is 16.5. The molecule has 1 saturated heterocycles. The summed E-state index contributed by atoms with van der Waals surface area (Å²) in [6.45, 7) is 0.750. The molecule has 7 nitrogen and oxygen atoms in total. The van der Waals surface area contributed by atoms with Crippen molar-refractivity contribution in [2.75, 3.05) is 13.2 Å². The summed E-state index contributed by atoms with van der Waals surface area (Å²) in [5.74, 6) is -1.27. The van der Waals surface area contributed by atoms with E-state index in [2.05, 4.69) is 29.6 Å². The molecule has 1 unspecified atom stereocenters. The monoisotopic (exact) mass is 462 g/mol. The van der Waals surface area contributed by atoms with Gasteiger partial charge in [0.05, 0.1) is 0 Å². The highest BCUT2D eigenvalue weighted by Gasteiger charge is 2.39. The molecule has 3 aliphatic rings. The third kappa shape index (κ3) is 4.27. The van der Waals surface area contributed by atoms with Crippen molar-refractivity contribution in [3.05, 3.63) is 59.7 Å². The van der Waals surface area contributed by atoms with Crippen LogP contribution in [0.5, 0.6) is 0 Å². The molecule has 1 heterocycles. The number of carbonyl (C=O) groups excluding carboxylic acids is 2. The molecule has 1 saturated carbocycles. The van der Waals surface area contributed by atoms with Crippen LogP contribution in [0.3, 0.4) is 0 Å². The van der Waals surface area contributed by atoms with Gasteiger partial charge in [0.2, 0.25) is 5.91 Å². The van der Waals surface area contributed by atoms with Crippen molar-refractivity contribution >= 4 is 18.0 Å². The second-order valence-electron chi connectivity index (χ2n) is 9.56. The standard InChI is InChI=1S/C27H30N2O5/c30-25(29-14-6-5-11-24(29)26(31)32)17-12-13-18(15-17)28-27(33)34-16-23-21-9-3-1-7-19(21)20-8-2-4-10-22(20)23/h1-4,7-10,17-18,23-24H,5-6,11-16H2,(H,28,33)(H,31,32)/t17-,18+,24?/m1/s1. The van der Waals surface area contributed by atoms with Gasteiger partial charge in [0.25, 0.3) is 0 Å². The first-order valence-corrected chi connectivity index (χ1v) is 12.2. The fourth-order valence-electron chi connectivity index (χ4n) is 5.83. The maximum absolute atomic E-state index is 13.0. The molecule has 0 aromatic heterocycles. The number of rotatable bonds is 5. The summed E-state index contributed by atoms with van der Waals surface area (Å²) in [6.07, 6.45) is 3.56. The first kappa shape index (κ1) is 22.4. The molecular formula is C27H30N2O5. The van der Waals surface area contributed by atoms with E-state index < -0.39 is 18.1 Å². The Labute approximate surface area is 199 Å². The zero-order valence-corrected chi connectivity index (χ0v) is 19.1. The first-order valence-electron chi connectivity index (χ1n) is 12.2. The number of piperidine rings is 1. The number of nitrogens with zero attached hydrogens (tertiary/aromatic N) is 1. The Kier molecular flexibility index (Phi) is 6.26. The Morgan fingerprint density at radius 1 is 0.941 bits per heavy atom. The van der Waals surface area contributed by atoms with Crippen molar-refractivity contribution in [3.63, 3.8) is 0 Å². The molecule has 0 spiro atoms. The molecule has 1 aliphatic heterocycles. The van der Waals surface area contributed by atoms with Crippen LogP contribution in [-0.2, 0) is 14.3 Å². The van der Waals surface area contributed by atoms with Crippen molar-refractivity contribution in [2.45, 2.75) is 56.5 Å². The van der Waals surface area contributed by atoms with Gasteiger partial charge in [-0.25, -0.2) is 9.59 Å². The number of benzene rings is 2. The molecule has 178 valence electrons. The van der Waals surface area contributed by atoms with Crippen molar-refractivity contribution in [3.8, 4) is 11.1 Å². The van der Waals surface area contributed by atoms with Gasteiger partial charge < -0.3 is 20.1 Å². The number of alkyl carbamates (subject to hydrolysis) is 1. The normalized spacial score (nSPS) is 23.8. The highest BCUT2D eigenvalue weighted by atomic mass is 16.5. The van der Waals surface area contributed by atoms with Crippen molar-refractivity contribution < 1.29 is 24.2 Å². The van der Waals surface area contributed by atoms with E-state index in [1.165, 1.54) is 16.0 Å². The van der Waals surface area contributed by atoms with E-state index in [4.69, 9.17) is 4.74 Å². The quantitative estimate of drug-likeness (QED) is 0.696. The van der Waals surface area contributed by atoms with E-state index in [0.29, 0.717) is 32.2 Å². The zero-order chi connectivity index (χ0) is 23.7. The van der Waals surface area contributed by atoms with Crippen LogP contribution in [0, 0.1) is 5.92 Å². The molecule has 2 aliphatic carbocycles. The summed E-state index contributed by atoms with van der Waals surface area (Å²) < 4.78 is 5.64. The van der Waals surface area contributed by atoms with Gasteiger partial charge in [-0.2, -0.15) is 0 Å². The second kappa shape index (κ2) is 9.49. The van der Waals surface area contributed by atoms with Crippen molar-refractivity contribution in [2.24, 2.45) is 5.92 Å². The summed E-state index contributed by atoms with van der Waals surface area (Å²) in [5, 5.41) is 12.4. The fraction of sp³-hybridized carbons (Fsp3) is 0.444. The Morgan fingerprint density at radius 2 is 1.62 bits per heavy atom. The Hall–Kier alpha value is -3.35. The Balaban J connectivity index is 1.16. The number of carboxylic acids is 1. The molecule has 2 aromatic carbocycles. The molecule has 34 heavy (non-hydrogen) atoms. The van der Waals surface area contributed by atoms with Crippen LogP contribution in [0.1, 0.15) is 55.6 Å². The van der Waals surface area contributed by atoms with E-state index in [9.17, 15) is 19.5 Å². The molecule has 5 rings (SSSR count). The largest absolute Gasteiger partial charge is 0.480 e. The lowest BCUT2D eigenvalue weighted by Gasteiger charge is -2.34. The average molecular weight is 463 g/mol. The van der Waals surface area contributed by atoms with Gasteiger partial charge in [-0.1, -0.05) is 48.5 Å². The van der Waals surface area contributed by atoms with Crippen LogP contribution >= 0.6 is 0 Å². The van der Waals surface area contributed by atoms with Gasteiger partial charge in [-0.3, -0.25) is 4.79 Å². The zero-order valence-electron chi connectivity index (χ0n) is 19.1. The van der Waals surface area contributed by atoms with Gasteiger partial charge in [-0.15, -0.1) is 0 Å². The van der Waals surface area contributed by atoms with Gasteiger partial charge in [-0.05, 0) is 60.8 Å². The lowest BCUT2D eigenvalue weighted by Crippen LogP contribution is -2.50. The fourth-order valence-corrected chi connectivity index (χ4v) is 5.83. The predicted octanol–water partition coefficient (Wildman–Crippen LogP) is 4.16. The van der Waals surface area contributed by atoms with Crippen LogP contribution in [0.25, 0.3) is 11.1 Å². The van der Waals surface area contributed by atoms with Gasteiger partial charge in [0.1, 0.15) is 12.6 Å². The third-order valence-electron chi connectivity index (χ3n) is 7.52. The number of amides is 2. The van der Waals surface area contributed by atoms with Crippen LogP contribution in [-0.4, -0.2) is 53.2 Å². The maximum atomic E-state index is 13.0. The van der Waals surface area contributed by atoms with Crippen molar-refractivity contribution in [1.82, 2.24) is 10.2 Å². The van der Waals surface area contributed by atoms with Crippen LogP contribution < -0.4 is 5.32 Å². The van der Waals surface area contributed by atoms with Crippen LogP contribution in [0.4, 0.5) is 4.79 Å². The second-order valence-corrected chi connectivity index (χ2v) is 9.56. The molecule has 3 atom stereocenters. The summed E-state index contributed by atoms with van der Waals surface area (Å²) in [5.41, 5.74) is 4.69. The van der Waals surface area contributed by atoms with E-state index in [0.717, 1.165) is 24.0 Å². The highest BCUT2D eigenvalue weighted by Crippen LogP contribution is 2.44. The minimum absolute atomic E-state index is 0.00288. The number of hydrogen-bond acceptors (Lipinski definition) is 4. The van der Waals surface area contributed by atoms with Gasteiger partial charge in [0.15, 0.2) is 0 Å². The van der Waals surface area contributed by atoms with Gasteiger partial charge in [0, 0.05) is 24.4 Å². The smallest absolute Gasteiger partial charge is 0.407 e. The number of ether oxygens (including phenoxy) is 1. The Morgan fingerprint density at radius 3 is 2.29 bits per heavy atom. The predicted molar refractivity (Wildman–Crippen MR) is 126 cm³/mol. The molecule has 2 amide bonds. The molecule has 2 N–H and O–H groups in total. The molecule has 0 bridgehead atoms. The number of carbonyl (C=O) groups is 3. The molecule has 0 radical (unpaired) electrons. The topological polar surface area (TPSA) is 95.9 Å². The minimum atomic E-state index is -0.931. The molecule has 2 aromatic rings. The highest BCUT2D eigenvalue weighted by molar-refractivity contribution is 5.85. The average Bonchev–Trinajstić information content (AvgIpc) is 3.45. The van der Waals surface area contributed by atoms with E-state index in [-0.39, 0.29) is 30.4 Å². The van der Waals surface area contributed by atoms with E-state index in [1.54, 1.807) is 0 Å². The van der Waals surface area contributed by atoms with Crippen LogP contribution in [0.2, 0.25) is 0 Å². The lowest BCUT2D eigenvalue weighted by atomic mass is 9.98. The van der Waals surface area contributed by atoms with Crippen molar-refractivity contribution in [1.29, 1.82) is 0 Å². The van der Waals surface area contributed by atoms with E-state index >= 15 is 0 Å². The molecule has 7 heteroatoms. The minimum Gasteiger partial charge on any atom is -0.480 e. The van der Waals surface area contributed by atoms with Crippen LogP contribution in [0.15, 0.2) is 48.5 Å².